The summed E-state index contributed by atoms with van der Waals surface area (Å²) in [5.74, 6) is 1.97. The first-order valence-corrected chi connectivity index (χ1v) is 8.44. The van der Waals surface area contributed by atoms with Crippen molar-refractivity contribution in [3.8, 4) is 5.75 Å². The van der Waals surface area contributed by atoms with E-state index < -0.39 is 0 Å². The molecule has 2 aromatic rings. The summed E-state index contributed by atoms with van der Waals surface area (Å²) in [5, 5.41) is 2.17. The highest BCUT2D eigenvalue weighted by atomic mass is 32.2. The minimum atomic E-state index is 0.756. The molecule has 0 aliphatic heterocycles. The number of hydrogen-bond acceptors (Lipinski definition) is 3. The van der Waals surface area contributed by atoms with Gasteiger partial charge in [-0.15, -0.1) is 11.8 Å². The Kier molecular flexibility index (Phi) is 6.41. The second kappa shape index (κ2) is 8.57. The summed E-state index contributed by atoms with van der Waals surface area (Å²) in [6, 6.07) is 8.20. The Balaban J connectivity index is 2.31. The van der Waals surface area contributed by atoms with Crippen molar-refractivity contribution >= 4 is 17.5 Å². The third-order valence-corrected chi connectivity index (χ3v) is 3.79. The Morgan fingerprint density at radius 2 is 2.19 bits per heavy atom. The molecular weight excluding hydrogens is 280 g/mol. The first-order chi connectivity index (χ1) is 10.4. The molecule has 1 aromatic carbocycles. The molecular formula is C17H22N2OS. The topological polar surface area (TPSA) is 27.1 Å². The van der Waals surface area contributed by atoms with Crippen LogP contribution in [0.5, 0.6) is 5.75 Å². The van der Waals surface area contributed by atoms with Crippen LogP contribution in [0.4, 0.5) is 0 Å². The standard InChI is InChI=1S/C17H22N2OS/c1-3-5-12-20-17-9-7-6-8-15(17)16(13-21-4-2)19-11-10-18-14-19/h6-11,13-14H,3-5,12H2,1-2H3/b16-13+. The zero-order valence-corrected chi connectivity index (χ0v) is 13.5. The molecule has 0 amide bonds. The van der Waals surface area contributed by atoms with Crippen LogP contribution in [0.2, 0.25) is 0 Å². The summed E-state index contributed by atoms with van der Waals surface area (Å²) in [7, 11) is 0. The summed E-state index contributed by atoms with van der Waals surface area (Å²) >= 11 is 1.78. The van der Waals surface area contributed by atoms with E-state index in [0.29, 0.717) is 0 Å². The van der Waals surface area contributed by atoms with E-state index in [2.05, 4.69) is 30.3 Å². The van der Waals surface area contributed by atoms with E-state index in [9.17, 15) is 0 Å². The Bertz CT molecular complexity index is 564. The highest BCUT2D eigenvalue weighted by molar-refractivity contribution is 8.02. The summed E-state index contributed by atoms with van der Waals surface area (Å²) in [4.78, 5) is 4.15. The molecule has 0 fully saturated rings. The Morgan fingerprint density at radius 1 is 1.33 bits per heavy atom. The number of benzene rings is 1. The molecule has 0 aliphatic carbocycles. The smallest absolute Gasteiger partial charge is 0.128 e. The van der Waals surface area contributed by atoms with Crippen molar-refractivity contribution in [1.82, 2.24) is 9.55 Å². The zero-order valence-electron chi connectivity index (χ0n) is 12.7. The predicted octanol–water partition coefficient (Wildman–Crippen LogP) is 4.66. The molecule has 0 saturated carbocycles. The van der Waals surface area contributed by atoms with E-state index in [1.54, 1.807) is 18.0 Å². The van der Waals surface area contributed by atoms with Gasteiger partial charge in [0.2, 0.25) is 0 Å². The van der Waals surface area contributed by atoms with Crippen molar-refractivity contribution < 1.29 is 4.74 Å². The molecule has 4 heteroatoms. The molecule has 0 radical (unpaired) electrons. The molecule has 0 unspecified atom stereocenters. The number of para-hydroxylation sites is 1. The quantitative estimate of drug-likeness (QED) is 0.663. The fourth-order valence-corrected chi connectivity index (χ4v) is 2.53. The van der Waals surface area contributed by atoms with Crippen LogP contribution in [0.3, 0.4) is 0 Å². The number of ether oxygens (including phenoxy) is 1. The second-order valence-corrected chi connectivity index (χ2v) is 5.77. The van der Waals surface area contributed by atoms with Gasteiger partial charge in [-0.1, -0.05) is 32.4 Å². The third-order valence-electron chi connectivity index (χ3n) is 3.06. The van der Waals surface area contributed by atoms with Crippen molar-refractivity contribution in [2.24, 2.45) is 0 Å². The number of aromatic nitrogens is 2. The Hall–Kier alpha value is -1.68. The zero-order chi connectivity index (χ0) is 14.9. The molecule has 1 aromatic heterocycles. The highest BCUT2D eigenvalue weighted by Gasteiger charge is 2.10. The highest BCUT2D eigenvalue weighted by Crippen LogP contribution is 2.29. The molecule has 21 heavy (non-hydrogen) atoms. The van der Waals surface area contributed by atoms with Crippen LogP contribution in [0.25, 0.3) is 5.70 Å². The van der Waals surface area contributed by atoms with Crippen LogP contribution in [-0.4, -0.2) is 21.9 Å². The molecule has 0 spiro atoms. The molecule has 0 saturated heterocycles. The number of unbranched alkanes of at least 4 members (excludes halogenated alkanes) is 1. The van der Waals surface area contributed by atoms with Crippen molar-refractivity contribution in [1.29, 1.82) is 0 Å². The van der Waals surface area contributed by atoms with Crippen LogP contribution >= 0.6 is 11.8 Å². The van der Waals surface area contributed by atoms with Crippen molar-refractivity contribution in [3.63, 3.8) is 0 Å². The largest absolute Gasteiger partial charge is 0.493 e. The van der Waals surface area contributed by atoms with Crippen LogP contribution in [0.15, 0.2) is 48.4 Å². The van der Waals surface area contributed by atoms with E-state index in [1.807, 2.05) is 35.3 Å². The lowest BCUT2D eigenvalue weighted by atomic mass is 10.1. The Labute approximate surface area is 131 Å². The van der Waals surface area contributed by atoms with E-state index in [-0.39, 0.29) is 0 Å². The molecule has 0 aliphatic rings. The number of hydrogen-bond donors (Lipinski definition) is 0. The minimum Gasteiger partial charge on any atom is -0.493 e. The fraction of sp³-hybridized carbons (Fsp3) is 0.353. The van der Waals surface area contributed by atoms with Gasteiger partial charge in [0.15, 0.2) is 0 Å². The third kappa shape index (κ3) is 4.39. The molecule has 3 nitrogen and oxygen atoms in total. The number of nitrogens with zero attached hydrogens (tertiary/aromatic N) is 2. The molecule has 112 valence electrons. The van der Waals surface area contributed by atoms with E-state index in [4.69, 9.17) is 4.74 Å². The number of rotatable bonds is 8. The predicted molar refractivity (Wildman–Crippen MR) is 90.6 cm³/mol. The second-order valence-electron chi connectivity index (χ2n) is 4.63. The average Bonchev–Trinajstić information content (AvgIpc) is 3.03. The van der Waals surface area contributed by atoms with Gasteiger partial charge in [0, 0.05) is 18.0 Å². The summed E-state index contributed by atoms with van der Waals surface area (Å²) < 4.78 is 7.99. The van der Waals surface area contributed by atoms with Gasteiger partial charge in [-0.2, -0.15) is 0 Å². The van der Waals surface area contributed by atoms with Crippen molar-refractivity contribution in [2.45, 2.75) is 26.7 Å². The number of thioether (sulfide) groups is 1. The van der Waals surface area contributed by atoms with Crippen LogP contribution in [0, 0.1) is 0 Å². The Morgan fingerprint density at radius 3 is 2.90 bits per heavy atom. The van der Waals surface area contributed by atoms with Gasteiger partial charge in [0.1, 0.15) is 5.75 Å². The van der Waals surface area contributed by atoms with Crippen molar-refractivity contribution in [2.75, 3.05) is 12.4 Å². The number of imidazole rings is 1. The summed E-state index contributed by atoms with van der Waals surface area (Å²) in [6.07, 6.45) is 7.79. The van der Waals surface area contributed by atoms with E-state index in [0.717, 1.165) is 42.2 Å². The van der Waals surface area contributed by atoms with Gasteiger partial charge in [-0.05, 0) is 29.7 Å². The average molecular weight is 302 g/mol. The molecule has 1 heterocycles. The van der Waals surface area contributed by atoms with E-state index >= 15 is 0 Å². The molecule has 2 rings (SSSR count). The van der Waals surface area contributed by atoms with E-state index in [1.165, 1.54) is 0 Å². The van der Waals surface area contributed by atoms with Gasteiger partial charge in [-0.25, -0.2) is 4.98 Å². The molecule has 0 atom stereocenters. The van der Waals surface area contributed by atoms with Gasteiger partial charge < -0.3 is 9.30 Å². The van der Waals surface area contributed by atoms with Gasteiger partial charge in [-0.3, -0.25) is 0 Å². The lowest BCUT2D eigenvalue weighted by molar-refractivity contribution is 0.308. The van der Waals surface area contributed by atoms with Crippen LogP contribution in [-0.2, 0) is 0 Å². The van der Waals surface area contributed by atoms with Crippen LogP contribution in [0.1, 0.15) is 32.3 Å². The minimum absolute atomic E-state index is 0.756. The normalized spacial score (nSPS) is 11.6. The van der Waals surface area contributed by atoms with Gasteiger partial charge in [0.05, 0.1) is 18.6 Å². The van der Waals surface area contributed by atoms with Gasteiger partial charge in [0.25, 0.3) is 0 Å². The van der Waals surface area contributed by atoms with Crippen LogP contribution < -0.4 is 4.74 Å². The SMILES string of the molecule is CCCCOc1ccccc1/C(=C\SCC)n1ccnc1. The molecule has 0 N–H and O–H groups in total. The maximum absolute atomic E-state index is 5.95. The summed E-state index contributed by atoms with van der Waals surface area (Å²) in [5.41, 5.74) is 2.21. The van der Waals surface area contributed by atoms with Crippen molar-refractivity contribution in [3.05, 3.63) is 54.0 Å². The van der Waals surface area contributed by atoms with Gasteiger partial charge >= 0.3 is 0 Å². The first kappa shape index (κ1) is 15.7. The summed E-state index contributed by atoms with van der Waals surface area (Å²) in [6.45, 7) is 5.08. The monoisotopic (exact) mass is 302 g/mol. The fourth-order valence-electron chi connectivity index (χ4n) is 1.96. The maximum atomic E-state index is 5.95. The lowest BCUT2D eigenvalue weighted by Crippen LogP contribution is -2.02. The molecule has 0 bridgehead atoms. The first-order valence-electron chi connectivity index (χ1n) is 7.39. The lowest BCUT2D eigenvalue weighted by Gasteiger charge is -2.14. The maximum Gasteiger partial charge on any atom is 0.128 e.